The minimum Gasteiger partial charge on any atom is -0.462 e. The summed E-state index contributed by atoms with van der Waals surface area (Å²) in [7, 11) is 0. The first kappa shape index (κ1) is 16.4. The van der Waals surface area contributed by atoms with Crippen molar-refractivity contribution in [2.45, 2.75) is 89.9 Å². The fourth-order valence-corrected chi connectivity index (χ4v) is 2.99. The van der Waals surface area contributed by atoms with Gasteiger partial charge in [-0.1, -0.05) is 6.92 Å². The molecule has 0 saturated carbocycles. The van der Waals surface area contributed by atoms with E-state index in [1.807, 2.05) is 13.8 Å². The number of esters is 1. The molecule has 0 aromatic carbocycles. The lowest BCUT2D eigenvalue weighted by molar-refractivity contribution is -0.154. The Morgan fingerprint density at radius 1 is 1.32 bits per heavy atom. The van der Waals surface area contributed by atoms with Gasteiger partial charge in [-0.3, -0.25) is 4.79 Å². The summed E-state index contributed by atoms with van der Waals surface area (Å²) in [6, 6.07) is 0. The van der Waals surface area contributed by atoms with Crippen LogP contribution in [0.3, 0.4) is 0 Å². The zero-order valence-electron chi connectivity index (χ0n) is 13.3. The lowest BCUT2D eigenvalue weighted by atomic mass is 9.81. The molecule has 1 aliphatic rings. The average Bonchev–Trinajstić information content (AvgIpc) is 2.10. The van der Waals surface area contributed by atoms with Gasteiger partial charge in [-0.2, -0.15) is 0 Å². The Morgan fingerprint density at radius 2 is 1.79 bits per heavy atom. The highest BCUT2D eigenvalue weighted by atomic mass is 16.5. The molecule has 3 N–H and O–H groups in total. The Hall–Kier alpha value is -0.610. The van der Waals surface area contributed by atoms with Gasteiger partial charge >= 0.3 is 5.97 Å². The van der Waals surface area contributed by atoms with E-state index in [1.54, 1.807) is 0 Å². The van der Waals surface area contributed by atoms with Crippen molar-refractivity contribution >= 4 is 5.97 Å². The molecule has 0 radical (unpaired) electrons. The van der Waals surface area contributed by atoms with Crippen molar-refractivity contribution in [3.8, 4) is 0 Å². The Bertz CT molecular complexity index is 319. The van der Waals surface area contributed by atoms with Gasteiger partial charge in [0.05, 0.1) is 6.42 Å². The van der Waals surface area contributed by atoms with Gasteiger partial charge in [0.15, 0.2) is 0 Å². The van der Waals surface area contributed by atoms with Crippen LogP contribution in [0.2, 0.25) is 0 Å². The number of rotatable bonds is 4. The highest BCUT2D eigenvalue weighted by Gasteiger charge is 2.39. The molecule has 0 spiro atoms. The van der Waals surface area contributed by atoms with E-state index < -0.39 is 5.54 Å². The van der Waals surface area contributed by atoms with Crippen LogP contribution < -0.4 is 11.1 Å². The number of piperidine rings is 1. The Morgan fingerprint density at radius 3 is 2.21 bits per heavy atom. The molecule has 4 nitrogen and oxygen atoms in total. The zero-order chi connectivity index (χ0) is 14.9. The summed E-state index contributed by atoms with van der Waals surface area (Å²) in [4.78, 5) is 12.0. The third-order valence-electron chi connectivity index (χ3n) is 3.81. The maximum absolute atomic E-state index is 12.0. The third-order valence-corrected chi connectivity index (χ3v) is 3.81. The monoisotopic (exact) mass is 270 g/mol. The molecule has 1 rings (SSSR count). The highest BCUT2D eigenvalue weighted by Crippen LogP contribution is 2.30. The number of carbonyl (C=O) groups is 1. The van der Waals surface area contributed by atoms with Crippen LogP contribution in [0.5, 0.6) is 0 Å². The van der Waals surface area contributed by atoms with Crippen LogP contribution in [0.25, 0.3) is 0 Å². The minimum absolute atomic E-state index is 0.0104. The molecule has 1 atom stereocenters. The third kappa shape index (κ3) is 5.49. The van der Waals surface area contributed by atoms with Gasteiger partial charge in [0.2, 0.25) is 0 Å². The topological polar surface area (TPSA) is 64.4 Å². The number of ether oxygens (including phenoxy) is 1. The van der Waals surface area contributed by atoms with E-state index in [0.29, 0.717) is 0 Å². The second-order valence-electron chi connectivity index (χ2n) is 7.60. The van der Waals surface area contributed by atoms with Crippen molar-refractivity contribution in [1.82, 2.24) is 5.32 Å². The molecule has 19 heavy (non-hydrogen) atoms. The van der Waals surface area contributed by atoms with E-state index in [4.69, 9.17) is 10.5 Å². The summed E-state index contributed by atoms with van der Waals surface area (Å²) in [5.74, 6) is -0.176. The average molecular weight is 270 g/mol. The lowest BCUT2D eigenvalue weighted by Crippen LogP contribution is -2.59. The zero-order valence-corrected chi connectivity index (χ0v) is 13.3. The summed E-state index contributed by atoms with van der Waals surface area (Å²) in [6.45, 7) is 12.5. The number of hydrogen-bond acceptors (Lipinski definition) is 4. The Kier molecular flexibility index (Phi) is 4.68. The van der Waals surface area contributed by atoms with E-state index in [-0.39, 0.29) is 29.6 Å². The van der Waals surface area contributed by atoms with Gasteiger partial charge in [0.25, 0.3) is 0 Å². The second kappa shape index (κ2) is 5.41. The first-order chi connectivity index (χ1) is 8.45. The van der Waals surface area contributed by atoms with Crippen LogP contribution >= 0.6 is 0 Å². The molecule has 0 aliphatic carbocycles. The lowest BCUT2D eigenvalue weighted by Gasteiger charge is -2.46. The van der Waals surface area contributed by atoms with Crippen molar-refractivity contribution in [3.63, 3.8) is 0 Å². The normalized spacial score (nSPS) is 25.6. The summed E-state index contributed by atoms with van der Waals surface area (Å²) in [5.41, 5.74) is 5.53. The van der Waals surface area contributed by atoms with Crippen molar-refractivity contribution in [2.24, 2.45) is 5.73 Å². The molecular formula is C15H30N2O2. The smallest absolute Gasteiger partial charge is 0.307 e. The molecule has 0 amide bonds. The minimum atomic E-state index is -0.463. The van der Waals surface area contributed by atoms with Crippen LogP contribution in [0.1, 0.15) is 67.2 Å². The van der Waals surface area contributed by atoms with Crippen LogP contribution in [-0.4, -0.2) is 28.7 Å². The van der Waals surface area contributed by atoms with E-state index in [9.17, 15) is 4.79 Å². The molecular weight excluding hydrogens is 240 g/mol. The molecule has 1 heterocycles. The molecule has 0 aromatic heterocycles. The van der Waals surface area contributed by atoms with Crippen molar-refractivity contribution in [2.75, 3.05) is 0 Å². The molecule has 1 unspecified atom stereocenters. The van der Waals surface area contributed by atoms with Crippen molar-refractivity contribution in [1.29, 1.82) is 0 Å². The quantitative estimate of drug-likeness (QED) is 0.770. The molecule has 0 aromatic rings. The van der Waals surface area contributed by atoms with Crippen LogP contribution in [0.4, 0.5) is 0 Å². The first-order valence-electron chi connectivity index (χ1n) is 7.22. The largest absolute Gasteiger partial charge is 0.462 e. The molecule has 112 valence electrons. The van der Waals surface area contributed by atoms with Crippen LogP contribution in [-0.2, 0) is 9.53 Å². The first-order valence-corrected chi connectivity index (χ1v) is 7.22. The molecule has 4 heteroatoms. The van der Waals surface area contributed by atoms with Gasteiger partial charge in [0, 0.05) is 29.5 Å². The fraction of sp³-hybridized carbons (Fsp3) is 0.933. The van der Waals surface area contributed by atoms with E-state index >= 15 is 0 Å². The maximum atomic E-state index is 12.0. The summed E-state index contributed by atoms with van der Waals surface area (Å²) in [6.07, 6.45) is 2.72. The predicted octanol–water partition coefficient (Wildman–Crippen LogP) is 2.36. The van der Waals surface area contributed by atoms with Crippen molar-refractivity contribution < 1.29 is 9.53 Å². The summed E-state index contributed by atoms with van der Waals surface area (Å²) >= 11 is 0. The summed E-state index contributed by atoms with van der Waals surface area (Å²) < 4.78 is 5.64. The van der Waals surface area contributed by atoms with Crippen LogP contribution in [0.15, 0.2) is 0 Å². The number of nitrogens with two attached hydrogens (primary N) is 1. The molecule has 1 fully saturated rings. The van der Waals surface area contributed by atoms with Crippen LogP contribution in [0, 0.1) is 0 Å². The molecule has 1 aliphatic heterocycles. The number of hydrogen-bond donors (Lipinski definition) is 2. The van der Waals surface area contributed by atoms with E-state index in [0.717, 1.165) is 19.3 Å². The molecule has 1 saturated heterocycles. The van der Waals surface area contributed by atoms with Gasteiger partial charge < -0.3 is 15.8 Å². The highest BCUT2D eigenvalue weighted by molar-refractivity contribution is 5.71. The van der Waals surface area contributed by atoms with Gasteiger partial charge in [-0.05, 0) is 41.0 Å². The number of carbonyl (C=O) groups excluding carboxylic acids is 1. The SMILES string of the molecule is CCC(C)(N)CC(=O)OC1CC(C)(C)NC(C)(C)C1. The Labute approximate surface area is 117 Å². The van der Waals surface area contributed by atoms with E-state index in [2.05, 4.69) is 33.0 Å². The van der Waals surface area contributed by atoms with Crippen molar-refractivity contribution in [3.05, 3.63) is 0 Å². The Balaban J connectivity index is 2.59. The predicted molar refractivity (Wildman–Crippen MR) is 77.9 cm³/mol. The fourth-order valence-electron chi connectivity index (χ4n) is 2.99. The van der Waals surface area contributed by atoms with E-state index in [1.165, 1.54) is 0 Å². The van der Waals surface area contributed by atoms with Gasteiger partial charge in [-0.15, -0.1) is 0 Å². The maximum Gasteiger partial charge on any atom is 0.307 e. The molecule has 0 bridgehead atoms. The van der Waals surface area contributed by atoms with Gasteiger partial charge in [0.1, 0.15) is 6.10 Å². The standard InChI is InChI=1S/C15H30N2O2/c1-7-15(6,16)10-12(18)19-11-8-13(2,3)17-14(4,5)9-11/h11,17H,7-10,16H2,1-6H3. The number of nitrogens with one attached hydrogen (secondary N) is 1. The van der Waals surface area contributed by atoms with Gasteiger partial charge in [-0.25, -0.2) is 0 Å². The summed E-state index contributed by atoms with van der Waals surface area (Å²) in [5, 5.41) is 3.58. The second-order valence-corrected chi connectivity index (χ2v) is 7.60.